The van der Waals surface area contributed by atoms with E-state index in [1.54, 1.807) is 62.0 Å². The number of hydrogen-bond donors (Lipinski definition) is 2. The van der Waals surface area contributed by atoms with Crippen LogP contribution in [-0.4, -0.2) is 69.9 Å². The predicted molar refractivity (Wildman–Crippen MR) is 202 cm³/mol. The Labute approximate surface area is 308 Å². The van der Waals surface area contributed by atoms with E-state index < -0.39 is 0 Å². The van der Waals surface area contributed by atoms with Gasteiger partial charge in [0.1, 0.15) is 11.6 Å². The SMILES string of the molecule is Cc1c(C(=O)NC2CCN(Cc3ccc(N4CCC(NC(=O)c5ccc(Cl)c(-c6cccnc6)c5)CC4)nc3)CC2)ccc(F)c1-c1cccnc1. The van der Waals surface area contributed by atoms with Crippen LogP contribution in [0.2, 0.25) is 5.02 Å². The molecule has 2 aliphatic heterocycles. The van der Waals surface area contributed by atoms with Gasteiger partial charge >= 0.3 is 0 Å². The van der Waals surface area contributed by atoms with Gasteiger partial charge in [-0.2, -0.15) is 0 Å². The third-order valence-electron chi connectivity index (χ3n) is 10.1. The summed E-state index contributed by atoms with van der Waals surface area (Å²) in [6.07, 6.45) is 12.0. The van der Waals surface area contributed by atoms with Gasteiger partial charge in [-0.1, -0.05) is 29.8 Å². The van der Waals surface area contributed by atoms with Gasteiger partial charge in [-0.3, -0.25) is 24.5 Å². The zero-order valence-electron chi connectivity index (χ0n) is 29.1. The van der Waals surface area contributed by atoms with E-state index in [0.29, 0.717) is 32.8 Å². The molecule has 11 heteroatoms. The molecular formula is C41H41ClFN7O2. The van der Waals surface area contributed by atoms with Crippen molar-refractivity contribution in [3.05, 3.63) is 131 Å². The van der Waals surface area contributed by atoms with Crippen molar-refractivity contribution in [1.82, 2.24) is 30.5 Å². The van der Waals surface area contributed by atoms with Crippen molar-refractivity contribution in [2.24, 2.45) is 0 Å². The fraction of sp³-hybridized carbons (Fsp3) is 0.293. The number of nitrogens with zero attached hydrogens (tertiary/aromatic N) is 5. The first-order valence-corrected chi connectivity index (χ1v) is 18.1. The number of hydrogen-bond acceptors (Lipinski definition) is 7. The first-order chi connectivity index (χ1) is 25.3. The number of anilines is 1. The van der Waals surface area contributed by atoms with Crippen LogP contribution >= 0.6 is 11.6 Å². The van der Waals surface area contributed by atoms with Gasteiger partial charge in [0.05, 0.1) is 0 Å². The summed E-state index contributed by atoms with van der Waals surface area (Å²) in [6.45, 7) is 5.90. The van der Waals surface area contributed by atoms with E-state index in [1.165, 1.54) is 6.07 Å². The maximum absolute atomic E-state index is 14.7. The molecule has 2 N–H and O–H groups in total. The minimum atomic E-state index is -0.365. The minimum Gasteiger partial charge on any atom is -0.356 e. The summed E-state index contributed by atoms with van der Waals surface area (Å²) in [7, 11) is 0. The molecule has 2 aliphatic rings. The number of pyridine rings is 3. The third kappa shape index (κ3) is 8.14. The van der Waals surface area contributed by atoms with Crippen molar-refractivity contribution in [2.45, 2.75) is 51.2 Å². The molecule has 2 fully saturated rings. The van der Waals surface area contributed by atoms with E-state index in [4.69, 9.17) is 16.6 Å². The summed E-state index contributed by atoms with van der Waals surface area (Å²) < 4.78 is 14.7. The van der Waals surface area contributed by atoms with Crippen molar-refractivity contribution in [1.29, 1.82) is 0 Å². The molecule has 0 atom stereocenters. The summed E-state index contributed by atoms with van der Waals surface area (Å²) in [4.78, 5) is 44.1. The lowest BCUT2D eigenvalue weighted by atomic mass is 9.95. The van der Waals surface area contributed by atoms with Gasteiger partial charge in [0.25, 0.3) is 11.8 Å². The van der Waals surface area contributed by atoms with Gasteiger partial charge in [-0.05, 0) is 92.3 Å². The van der Waals surface area contributed by atoms with E-state index in [9.17, 15) is 14.0 Å². The van der Waals surface area contributed by atoms with Crippen molar-refractivity contribution in [2.75, 3.05) is 31.1 Å². The van der Waals surface area contributed by atoms with E-state index in [2.05, 4.69) is 42.5 Å². The second-order valence-electron chi connectivity index (χ2n) is 13.6. The molecule has 2 saturated heterocycles. The first kappa shape index (κ1) is 35.2. The number of carbonyl (C=O) groups is 2. The topological polar surface area (TPSA) is 103 Å². The quantitative estimate of drug-likeness (QED) is 0.168. The summed E-state index contributed by atoms with van der Waals surface area (Å²) in [5.41, 5.74) is 5.54. The lowest BCUT2D eigenvalue weighted by Crippen LogP contribution is -2.45. The lowest BCUT2D eigenvalue weighted by molar-refractivity contribution is 0.0905. The second-order valence-corrected chi connectivity index (χ2v) is 14.0. The van der Waals surface area contributed by atoms with Gasteiger partial charge in [-0.15, -0.1) is 0 Å². The molecule has 0 saturated carbocycles. The van der Waals surface area contributed by atoms with Crippen LogP contribution in [0.1, 0.15) is 57.5 Å². The van der Waals surface area contributed by atoms with E-state index in [0.717, 1.165) is 80.9 Å². The average Bonchev–Trinajstić information content (AvgIpc) is 3.17. The third-order valence-corrected chi connectivity index (χ3v) is 10.4. The number of likely N-dealkylation sites (tertiary alicyclic amines) is 1. The van der Waals surface area contributed by atoms with Crippen LogP contribution in [0.15, 0.2) is 97.7 Å². The number of carbonyl (C=O) groups excluding carboxylic acids is 2. The molecule has 5 aromatic rings. The first-order valence-electron chi connectivity index (χ1n) is 17.8. The highest BCUT2D eigenvalue weighted by Gasteiger charge is 2.25. The lowest BCUT2D eigenvalue weighted by Gasteiger charge is -2.34. The second kappa shape index (κ2) is 16.0. The van der Waals surface area contributed by atoms with Gasteiger partial charge in [0.15, 0.2) is 0 Å². The zero-order chi connectivity index (χ0) is 36.0. The molecule has 266 valence electrons. The largest absolute Gasteiger partial charge is 0.356 e. The van der Waals surface area contributed by atoms with Crippen LogP contribution in [-0.2, 0) is 6.54 Å². The number of nitrogens with one attached hydrogen (secondary N) is 2. The van der Waals surface area contributed by atoms with E-state index in [1.807, 2.05) is 24.4 Å². The number of benzene rings is 2. The Morgan fingerprint density at radius 2 is 1.48 bits per heavy atom. The molecule has 9 nitrogen and oxygen atoms in total. The van der Waals surface area contributed by atoms with Crippen molar-refractivity contribution < 1.29 is 14.0 Å². The number of aromatic nitrogens is 3. The molecule has 0 radical (unpaired) electrons. The van der Waals surface area contributed by atoms with Gasteiger partial charge in [0.2, 0.25) is 0 Å². The van der Waals surface area contributed by atoms with Crippen LogP contribution in [0.25, 0.3) is 22.3 Å². The molecule has 7 rings (SSSR count). The molecule has 2 amide bonds. The minimum absolute atomic E-state index is 0.0544. The smallest absolute Gasteiger partial charge is 0.251 e. The Morgan fingerprint density at radius 3 is 2.13 bits per heavy atom. The number of piperidine rings is 2. The van der Waals surface area contributed by atoms with Gasteiger partial charge < -0.3 is 15.5 Å². The number of halogens is 2. The van der Waals surface area contributed by atoms with Crippen LogP contribution in [0.4, 0.5) is 10.2 Å². The highest BCUT2D eigenvalue weighted by Crippen LogP contribution is 2.30. The Balaban J connectivity index is 0.861. The van der Waals surface area contributed by atoms with E-state index in [-0.39, 0.29) is 29.7 Å². The summed E-state index contributed by atoms with van der Waals surface area (Å²) in [6, 6.07) is 20.0. The summed E-state index contributed by atoms with van der Waals surface area (Å²) in [5.74, 6) is 0.295. The van der Waals surface area contributed by atoms with Crippen LogP contribution in [0.3, 0.4) is 0 Å². The van der Waals surface area contributed by atoms with Crippen molar-refractivity contribution in [3.8, 4) is 22.3 Å². The summed E-state index contributed by atoms with van der Waals surface area (Å²) in [5, 5.41) is 6.97. The Hall–Kier alpha value is -5.19. The van der Waals surface area contributed by atoms with Crippen molar-refractivity contribution >= 4 is 29.2 Å². The fourth-order valence-corrected chi connectivity index (χ4v) is 7.40. The van der Waals surface area contributed by atoms with Gasteiger partial charge in [0, 0.05) is 114 Å². The van der Waals surface area contributed by atoms with Gasteiger partial charge in [-0.25, -0.2) is 9.37 Å². The Morgan fingerprint density at radius 1 is 0.808 bits per heavy atom. The molecule has 3 aromatic heterocycles. The molecule has 0 spiro atoms. The monoisotopic (exact) mass is 717 g/mol. The molecule has 0 unspecified atom stereocenters. The molecular weight excluding hydrogens is 677 g/mol. The molecule has 0 aliphatic carbocycles. The van der Waals surface area contributed by atoms with Crippen LogP contribution in [0, 0.1) is 12.7 Å². The number of rotatable bonds is 9. The normalized spacial score (nSPS) is 15.7. The van der Waals surface area contributed by atoms with Crippen LogP contribution in [0.5, 0.6) is 0 Å². The van der Waals surface area contributed by atoms with Crippen LogP contribution < -0.4 is 15.5 Å². The molecule has 52 heavy (non-hydrogen) atoms. The zero-order valence-corrected chi connectivity index (χ0v) is 29.8. The number of amides is 2. The highest BCUT2D eigenvalue weighted by atomic mass is 35.5. The van der Waals surface area contributed by atoms with Crippen molar-refractivity contribution in [3.63, 3.8) is 0 Å². The average molecular weight is 718 g/mol. The predicted octanol–water partition coefficient (Wildman–Crippen LogP) is 7.10. The standard InChI is InChI=1S/C41H41ClFN7O2/c1-27-34(8-10-37(43)39(27)31-5-3-17-45-25-31)41(52)48-32-12-18-49(19-13-32)26-28-6-11-38(46-23-28)50-20-14-33(15-21-50)47-40(51)29-7-9-36(42)35(22-29)30-4-2-16-44-24-30/h2-11,16-17,22-25,32-33H,12-15,18-21,26H2,1H3,(H,47,51)(H,48,52). The highest BCUT2D eigenvalue weighted by molar-refractivity contribution is 6.33. The maximum atomic E-state index is 14.7. The molecule has 0 bridgehead atoms. The van der Waals surface area contributed by atoms with E-state index >= 15 is 0 Å². The Kier molecular flexibility index (Phi) is 10.8. The fourth-order valence-electron chi connectivity index (χ4n) is 7.18. The Bertz CT molecular complexity index is 2020. The maximum Gasteiger partial charge on any atom is 0.251 e. The molecule has 5 heterocycles. The summed E-state index contributed by atoms with van der Waals surface area (Å²) >= 11 is 6.43. The molecule has 2 aromatic carbocycles.